The SMILES string of the molecule is CCNC(CCC(C)(C)C)c1snnc1C. The Labute approximate surface area is 103 Å². The fraction of sp³-hybridized carbons (Fsp3) is 0.833. The summed E-state index contributed by atoms with van der Waals surface area (Å²) in [6.45, 7) is 12.0. The summed E-state index contributed by atoms with van der Waals surface area (Å²) >= 11 is 1.52. The van der Waals surface area contributed by atoms with Gasteiger partial charge in [0, 0.05) is 6.04 Å². The third-order valence-electron chi connectivity index (χ3n) is 2.64. The zero-order valence-corrected chi connectivity index (χ0v) is 11.8. The van der Waals surface area contributed by atoms with Gasteiger partial charge in [-0.15, -0.1) is 5.10 Å². The minimum Gasteiger partial charge on any atom is -0.309 e. The summed E-state index contributed by atoms with van der Waals surface area (Å²) < 4.78 is 4.02. The van der Waals surface area contributed by atoms with Crippen LogP contribution < -0.4 is 5.32 Å². The van der Waals surface area contributed by atoms with Crippen LogP contribution in [0, 0.1) is 12.3 Å². The van der Waals surface area contributed by atoms with Gasteiger partial charge in [-0.1, -0.05) is 32.2 Å². The van der Waals surface area contributed by atoms with E-state index >= 15 is 0 Å². The van der Waals surface area contributed by atoms with Crippen LogP contribution >= 0.6 is 11.5 Å². The average molecular weight is 241 g/mol. The highest BCUT2D eigenvalue weighted by Gasteiger charge is 2.19. The third-order valence-corrected chi connectivity index (χ3v) is 3.58. The first-order valence-electron chi connectivity index (χ1n) is 5.96. The molecule has 0 aliphatic carbocycles. The van der Waals surface area contributed by atoms with Crippen LogP contribution in [0.15, 0.2) is 0 Å². The molecule has 0 aliphatic heterocycles. The van der Waals surface area contributed by atoms with E-state index in [0.29, 0.717) is 11.5 Å². The predicted molar refractivity (Wildman–Crippen MR) is 69.8 cm³/mol. The van der Waals surface area contributed by atoms with Gasteiger partial charge in [0.05, 0.1) is 10.6 Å². The van der Waals surface area contributed by atoms with Crippen molar-refractivity contribution < 1.29 is 0 Å². The van der Waals surface area contributed by atoms with Crippen LogP contribution in [-0.2, 0) is 0 Å². The van der Waals surface area contributed by atoms with Crippen molar-refractivity contribution in [3.8, 4) is 0 Å². The van der Waals surface area contributed by atoms with E-state index in [1.807, 2.05) is 6.92 Å². The molecular formula is C12H23N3S. The molecule has 1 aromatic rings. The molecule has 0 amide bonds. The van der Waals surface area contributed by atoms with Gasteiger partial charge in [0.15, 0.2) is 0 Å². The Morgan fingerprint density at radius 2 is 2.06 bits per heavy atom. The van der Waals surface area contributed by atoms with Gasteiger partial charge in [-0.2, -0.15) is 0 Å². The lowest BCUT2D eigenvalue weighted by Gasteiger charge is -2.23. The number of nitrogens with zero attached hydrogens (tertiary/aromatic N) is 2. The molecule has 0 saturated heterocycles. The number of rotatable bonds is 5. The first-order valence-corrected chi connectivity index (χ1v) is 6.73. The van der Waals surface area contributed by atoms with Gasteiger partial charge in [0.25, 0.3) is 0 Å². The van der Waals surface area contributed by atoms with E-state index in [1.54, 1.807) is 0 Å². The topological polar surface area (TPSA) is 37.8 Å². The molecule has 1 atom stereocenters. The Kier molecular flexibility index (Phi) is 4.87. The maximum Gasteiger partial charge on any atom is 0.0772 e. The number of hydrogen-bond acceptors (Lipinski definition) is 4. The van der Waals surface area contributed by atoms with E-state index in [0.717, 1.165) is 18.7 Å². The standard InChI is InChI=1S/C12H23N3S/c1-6-13-10(7-8-12(3,4)5)11-9(2)14-15-16-11/h10,13H,6-8H2,1-5H3. The summed E-state index contributed by atoms with van der Waals surface area (Å²) in [5.74, 6) is 0. The predicted octanol–water partition coefficient (Wildman–Crippen LogP) is 3.32. The Morgan fingerprint density at radius 3 is 2.50 bits per heavy atom. The molecule has 16 heavy (non-hydrogen) atoms. The monoisotopic (exact) mass is 241 g/mol. The Hall–Kier alpha value is -0.480. The average Bonchev–Trinajstić information content (AvgIpc) is 2.57. The van der Waals surface area contributed by atoms with Crippen molar-refractivity contribution in [3.05, 3.63) is 10.6 Å². The van der Waals surface area contributed by atoms with Crippen molar-refractivity contribution in [1.29, 1.82) is 0 Å². The summed E-state index contributed by atoms with van der Waals surface area (Å²) in [5, 5.41) is 7.62. The van der Waals surface area contributed by atoms with Gasteiger partial charge in [-0.25, -0.2) is 0 Å². The van der Waals surface area contributed by atoms with Crippen LogP contribution in [0.3, 0.4) is 0 Å². The van der Waals surface area contributed by atoms with E-state index < -0.39 is 0 Å². The number of hydrogen-bond donors (Lipinski definition) is 1. The van der Waals surface area contributed by atoms with Crippen LogP contribution in [0.25, 0.3) is 0 Å². The van der Waals surface area contributed by atoms with E-state index in [9.17, 15) is 0 Å². The minimum absolute atomic E-state index is 0.389. The van der Waals surface area contributed by atoms with Crippen LogP contribution in [0.1, 0.15) is 57.1 Å². The summed E-state index contributed by atoms with van der Waals surface area (Å²) in [6, 6.07) is 0.421. The lowest BCUT2D eigenvalue weighted by molar-refractivity contribution is 0.335. The zero-order valence-electron chi connectivity index (χ0n) is 11.0. The largest absolute Gasteiger partial charge is 0.309 e. The van der Waals surface area contributed by atoms with Gasteiger partial charge >= 0.3 is 0 Å². The first kappa shape index (κ1) is 13.6. The lowest BCUT2D eigenvalue weighted by atomic mass is 9.88. The van der Waals surface area contributed by atoms with Crippen LogP contribution in [0.2, 0.25) is 0 Å². The van der Waals surface area contributed by atoms with Crippen molar-refractivity contribution in [2.24, 2.45) is 5.41 Å². The molecule has 0 spiro atoms. The fourth-order valence-electron chi connectivity index (χ4n) is 1.71. The highest BCUT2D eigenvalue weighted by atomic mass is 32.1. The molecule has 0 saturated carbocycles. The molecule has 4 heteroatoms. The van der Waals surface area contributed by atoms with Gasteiger partial charge < -0.3 is 5.32 Å². The van der Waals surface area contributed by atoms with Crippen LogP contribution in [0.4, 0.5) is 0 Å². The summed E-state index contributed by atoms with van der Waals surface area (Å²) in [6.07, 6.45) is 2.37. The molecule has 92 valence electrons. The molecule has 1 N–H and O–H groups in total. The summed E-state index contributed by atoms with van der Waals surface area (Å²) in [5.41, 5.74) is 1.46. The fourth-order valence-corrected chi connectivity index (χ4v) is 2.46. The second kappa shape index (κ2) is 5.73. The molecule has 0 aliphatic rings. The Morgan fingerprint density at radius 1 is 1.38 bits per heavy atom. The maximum atomic E-state index is 4.09. The normalized spacial score (nSPS) is 14.1. The molecule has 1 heterocycles. The second-order valence-corrected chi connectivity index (χ2v) is 6.22. The van der Waals surface area contributed by atoms with Crippen molar-refractivity contribution in [3.63, 3.8) is 0 Å². The van der Waals surface area contributed by atoms with Gasteiger partial charge in [0.2, 0.25) is 0 Å². The van der Waals surface area contributed by atoms with Crippen LogP contribution in [-0.4, -0.2) is 16.1 Å². The van der Waals surface area contributed by atoms with Crippen molar-refractivity contribution in [2.45, 2.75) is 53.5 Å². The second-order valence-electron chi connectivity index (χ2n) is 5.43. The quantitative estimate of drug-likeness (QED) is 0.859. The number of aryl methyl sites for hydroxylation is 1. The van der Waals surface area contributed by atoms with Gasteiger partial charge in [-0.3, -0.25) is 0 Å². The number of nitrogens with one attached hydrogen (secondary N) is 1. The van der Waals surface area contributed by atoms with E-state index in [2.05, 4.69) is 42.6 Å². The lowest BCUT2D eigenvalue weighted by Crippen LogP contribution is -2.22. The van der Waals surface area contributed by atoms with Crippen molar-refractivity contribution >= 4 is 11.5 Å². The summed E-state index contributed by atoms with van der Waals surface area (Å²) in [7, 11) is 0. The van der Waals surface area contributed by atoms with E-state index in [4.69, 9.17) is 0 Å². The van der Waals surface area contributed by atoms with Gasteiger partial charge in [0.1, 0.15) is 0 Å². The molecule has 3 nitrogen and oxygen atoms in total. The molecule has 1 unspecified atom stereocenters. The Bertz CT molecular complexity index is 314. The summed E-state index contributed by atoms with van der Waals surface area (Å²) in [4.78, 5) is 1.30. The minimum atomic E-state index is 0.389. The molecule has 0 aromatic carbocycles. The molecule has 0 bridgehead atoms. The first-order chi connectivity index (χ1) is 7.44. The molecule has 1 aromatic heterocycles. The third kappa shape index (κ3) is 4.18. The van der Waals surface area contributed by atoms with Crippen molar-refractivity contribution in [1.82, 2.24) is 14.9 Å². The van der Waals surface area contributed by atoms with E-state index in [-0.39, 0.29) is 0 Å². The van der Waals surface area contributed by atoms with Gasteiger partial charge in [-0.05, 0) is 43.3 Å². The molecule has 0 radical (unpaired) electrons. The Balaban J connectivity index is 2.65. The molecule has 1 rings (SSSR count). The highest BCUT2D eigenvalue weighted by Crippen LogP contribution is 2.29. The highest BCUT2D eigenvalue weighted by molar-refractivity contribution is 7.05. The zero-order chi connectivity index (χ0) is 12.2. The number of aromatic nitrogens is 2. The molecular weight excluding hydrogens is 218 g/mol. The van der Waals surface area contributed by atoms with E-state index in [1.165, 1.54) is 22.8 Å². The molecule has 0 fully saturated rings. The van der Waals surface area contributed by atoms with Crippen molar-refractivity contribution in [2.75, 3.05) is 6.54 Å². The maximum absolute atomic E-state index is 4.09. The van der Waals surface area contributed by atoms with Crippen LogP contribution in [0.5, 0.6) is 0 Å². The smallest absolute Gasteiger partial charge is 0.0772 e.